The van der Waals surface area contributed by atoms with E-state index in [1.54, 1.807) is 0 Å². The summed E-state index contributed by atoms with van der Waals surface area (Å²) in [5.74, 6) is 1.84. The van der Waals surface area contributed by atoms with Gasteiger partial charge in [0, 0.05) is 42.2 Å². The first-order valence-corrected chi connectivity index (χ1v) is 9.35. The second kappa shape index (κ2) is 6.06. The Bertz CT molecular complexity index is 911. The predicted molar refractivity (Wildman–Crippen MR) is 104 cm³/mol. The van der Waals surface area contributed by atoms with Crippen LogP contribution >= 0.6 is 0 Å². The molecule has 0 radical (unpaired) electrons. The molecule has 3 heterocycles. The molecule has 1 atom stereocenters. The number of hydrogen-bond donors (Lipinski definition) is 0. The Kier molecular flexibility index (Phi) is 3.68. The van der Waals surface area contributed by atoms with Crippen molar-refractivity contribution in [3.05, 3.63) is 53.8 Å². The Morgan fingerprint density at radius 2 is 1.85 bits per heavy atom. The number of nitrogens with zero attached hydrogens (tertiary/aromatic N) is 1. The summed E-state index contributed by atoms with van der Waals surface area (Å²) in [7, 11) is 0. The standard InChI is InChI=1S/C22H23NO3/c1-22(21-7-4-12-25-21)9-8-18-16-5-2-3-6-17(16)19(15-20(18)26-22)23-10-13-24-14-11-23/h2-3,5-9,15H,4,10-14H2,1H3. The molecule has 1 unspecified atom stereocenters. The van der Waals surface area contributed by atoms with Crippen LogP contribution in [0, 0.1) is 0 Å². The molecule has 0 saturated carbocycles. The molecular weight excluding hydrogens is 326 g/mol. The van der Waals surface area contributed by atoms with E-state index in [0.29, 0.717) is 0 Å². The van der Waals surface area contributed by atoms with E-state index in [-0.39, 0.29) is 0 Å². The molecule has 0 aliphatic carbocycles. The Hall–Kier alpha value is -2.46. The smallest absolute Gasteiger partial charge is 0.181 e. The van der Waals surface area contributed by atoms with Crippen molar-refractivity contribution in [3.63, 3.8) is 0 Å². The highest BCUT2D eigenvalue weighted by Gasteiger charge is 2.35. The third-order valence-corrected chi connectivity index (χ3v) is 5.46. The first-order valence-electron chi connectivity index (χ1n) is 9.35. The van der Waals surface area contributed by atoms with E-state index in [1.165, 1.54) is 16.5 Å². The zero-order valence-electron chi connectivity index (χ0n) is 15.0. The number of morpholine rings is 1. The van der Waals surface area contributed by atoms with Crippen LogP contribution in [0.3, 0.4) is 0 Å². The summed E-state index contributed by atoms with van der Waals surface area (Å²) in [5.41, 5.74) is 1.84. The van der Waals surface area contributed by atoms with Gasteiger partial charge >= 0.3 is 0 Å². The van der Waals surface area contributed by atoms with Gasteiger partial charge in [-0.05, 0) is 24.5 Å². The van der Waals surface area contributed by atoms with Crippen LogP contribution < -0.4 is 9.64 Å². The summed E-state index contributed by atoms with van der Waals surface area (Å²) in [5, 5.41) is 2.49. The quantitative estimate of drug-likeness (QED) is 0.815. The van der Waals surface area contributed by atoms with Crippen molar-refractivity contribution in [2.75, 3.05) is 37.8 Å². The minimum absolute atomic E-state index is 0.533. The summed E-state index contributed by atoms with van der Waals surface area (Å²) < 4.78 is 17.8. The van der Waals surface area contributed by atoms with Gasteiger partial charge < -0.3 is 19.1 Å². The number of benzene rings is 2. The maximum absolute atomic E-state index is 6.50. The highest BCUT2D eigenvalue weighted by atomic mass is 16.5. The molecule has 134 valence electrons. The molecule has 3 aliphatic rings. The fourth-order valence-electron chi connectivity index (χ4n) is 4.08. The van der Waals surface area contributed by atoms with Crippen molar-refractivity contribution in [2.24, 2.45) is 0 Å². The van der Waals surface area contributed by atoms with Crippen LogP contribution in [0.2, 0.25) is 0 Å². The lowest BCUT2D eigenvalue weighted by Gasteiger charge is -2.35. The average molecular weight is 349 g/mol. The molecule has 0 bridgehead atoms. The highest BCUT2D eigenvalue weighted by Crippen LogP contribution is 2.43. The molecule has 2 aromatic rings. The third-order valence-electron chi connectivity index (χ3n) is 5.46. The van der Waals surface area contributed by atoms with Crippen LogP contribution in [0.25, 0.3) is 16.8 Å². The van der Waals surface area contributed by atoms with Gasteiger partial charge in [-0.25, -0.2) is 0 Å². The molecule has 0 amide bonds. The van der Waals surface area contributed by atoms with Gasteiger partial charge in [-0.1, -0.05) is 30.3 Å². The molecule has 3 aliphatic heterocycles. The first kappa shape index (κ1) is 15.8. The van der Waals surface area contributed by atoms with Gasteiger partial charge in [0.2, 0.25) is 0 Å². The maximum Gasteiger partial charge on any atom is 0.181 e. The van der Waals surface area contributed by atoms with Crippen molar-refractivity contribution in [3.8, 4) is 5.75 Å². The lowest BCUT2D eigenvalue weighted by Crippen LogP contribution is -2.37. The van der Waals surface area contributed by atoms with E-state index in [2.05, 4.69) is 60.4 Å². The summed E-state index contributed by atoms with van der Waals surface area (Å²) in [4.78, 5) is 2.40. The summed E-state index contributed by atoms with van der Waals surface area (Å²) in [6, 6.07) is 10.8. The van der Waals surface area contributed by atoms with Gasteiger partial charge in [-0.15, -0.1) is 0 Å². The van der Waals surface area contributed by atoms with Crippen LogP contribution in [0.5, 0.6) is 5.75 Å². The van der Waals surface area contributed by atoms with Crippen LogP contribution in [0.4, 0.5) is 5.69 Å². The first-order chi connectivity index (χ1) is 12.7. The van der Waals surface area contributed by atoms with E-state index in [0.717, 1.165) is 56.4 Å². The van der Waals surface area contributed by atoms with E-state index < -0.39 is 5.60 Å². The van der Waals surface area contributed by atoms with E-state index in [9.17, 15) is 0 Å². The molecule has 0 spiro atoms. The Morgan fingerprint density at radius 1 is 1.04 bits per heavy atom. The highest BCUT2D eigenvalue weighted by molar-refractivity contribution is 6.02. The molecule has 2 aromatic carbocycles. The van der Waals surface area contributed by atoms with E-state index in [4.69, 9.17) is 14.2 Å². The summed E-state index contributed by atoms with van der Waals surface area (Å²) in [6.07, 6.45) is 7.39. The molecule has 26 heavy (non-hydrogen) atoms. The SMILES string of the molecule is CC1(C2=CCCO2)C=Cc2c(cc(N3CCOCC3)c3ccccc23)O1. The largest absolute Gasteiger partial charge is 0.493 e. The van der Waals surface area contributed by atoms with Gasteiger partial charge in [0.25, 0.3) is 0 Å². The zero-order chi connectivity index (χ0) is 17.6. The Labute approximate surface area is 153 Å². The van der Waals surface area contributed by atoms with Crippen LogP contribution in [0.1, 0.15) is 18.9 Å². The number of fused-ring (bicyclic) bond motifs is 3. The second-order valence-electron chi connectivity index (χ2n) is 7.20. The van der Waals surface area contributed by atoms with Gasteiger partial charge in [0.05, 0.1) is 19.8 Å². The molecule has 0 aromatic heterocycles. The van der Waals surface area contributed by atoms with Crippen molar-refractivity contribution in [1.82, 2.24) is 0 Å². The van der Waals surface area contributed by atoms with Crippen LogP contribution in [0.15, 0.2) is 48.2 Å². The topological polar surface area (TPSA) is 30.9 Å². The fourth-order valence-corrected chi connectivity index (χ4v) is 4.08. The van der Waals surface area contributed by atoms with Crippen LogP contribution in [-0.4, -0.2) is 38.5 Å². The van der Waals surface area contributed by atoms with Gasteiger partial charge in [-0.3, -0.25) is 0 Å². The number of anilines is 1. The van der Waals surface area contributed by atoms with Crippen molar-refractivity contribution in [2.45, 2.75) is 18.9 Å². The monoisotopic (exact) mass is 349 g/mol. The van der Waals surface area contributed by atoms with E-state index in [1.807, 2.05) is 0 Å². The molecule has 0 N–H and O–H groups in total. The van der Waals surface area contributed by atoms with Crippen molar-refractivity contribution < 1.29 is 14.2 Å². The number of hydrogen-bond acceptors (Lipinski definition) is 4. The minimum Gasteiger partial charge on any atom is -0.493 e. The lowest BCUT2D eigenvalue weighted by atomic mass is 9.94. The molecule has 1 fully saturated rings. The van der Waals surface area contributed by atoms with Crippen molar-refractivity contribution >= 4 is 22.5 Å². The van der Waals surface area contributed by atoms with Gasteiger partial charge in [0.15, 0.2) is 5.60 Å². The van der Waals surface area contributed by atoms with Gasteiger partial charge in [0.1, 0.15) is 11.5 Å². The maximum atomic E-state index is 6.50. The zero-order valence-corrected chi connectivity index (χ0v) is 15.0. The Morgan fingerprint density at radius 3 is 2.62 bits per heavy atom. The van der Waals surface area contributed by atoms with Crippen LogP contribution in [-0.2, 0) is 9.47 Å². The third kappa shape index (κ3) is 2.48. The van der Waals surface area contributed by atoms with Gasteiger partial charge in [-0.2, -0.15) is 0 Å². The molecule has 4 heteroatoms. The number of rotatable bonds is 2. The normalized spacial score (nSPS) is 24.8. The van der Waals surface area contributed by atoms with E-state index >= 15 is 0 Å². The van der Waals surface area contributed by atoms with Crippen molar-refractivity contribution in [1.29, 1.82) is 0 Å². The second-order valence-corrected chi connectivity index (χ2v) is 7.20. The predicted octanol–water partition coefficient (Wildman–Crippen LogP) is 4.14. The lowest BCUT2D eigenvalue weighted by molar-refractivity contribution is 0.0920. The fraction of sp³-hybridized carbons (Fsp3) is 0.364. The minimum atomic E-state index is -0.533. The number of ether oxygens (including phenoxy) is 3. The molecule has 1 saturated heterocycles. The molecular formula is C22H23NO3. The molecule has 4 nitrogen and oxygen atoms in total. The summed E-state index contributed by atoms with van der Waals surface area (Å²) >= 11 is 0. The Balaban J connectivity index is 1.64. The molecule has 5 rings (SSSR count). The summed E-state index contributed by atoms with van der Waals surface area (Å²) in [6.45, 7) is 6.17. The average Bonchev–Trinajstić information content (AvgIpc) is 3.23.